The smallest absolute Gasteiger partial charge is 0.251 e. The molecule has 0 unspecified atom stereocenters. The van der Waals surface area contributed by atoms with Crippen molar-refractivity contribution in [2.45, 2.75) is 37.5 Å². The van der Waals surface area contributed by atoms with Crippen molar-refractivity contribution in [2.24, 2.45) is 5.92 Å². The number of halogens is 2. The number of amides is 1. The van der Waals surface area contributed by atoms with Gasteiger partial charge in [-0.1, -0.05) is 0 Å². The first-order valence-corrected chi connectivity index (χ1v) is 8.26. The molecule has 3 heterocycles. The van der Waals surface area contributed by atoms with Gasteiger partial charge in [-0.15, -0.1) is 0 Å². The van der Waals surface area contributed by atoms with E-state index >= 15 is 0 Å². The molecule has 1 saturated carbocycles. The molecule has 1 amide bonds. The Morgan fingerprint density at radius 3 is 2.57 bits per heavy atom. The largest absolute Gasteiger partial charge is 0.355 e. The highest BCUT2D eigenvalue weighted by Gasteiger charge is 2.41. The van der Waals surface area contributed by atoms with Gasteiger partial charge in [0.15, 0.2) is 0 Å². The van der Waals surface area contributed by atoms with Crippen LogP contribution in [0.5, 0.6) is 0 Å². The molecule has 1 aromatic rings. The molecule has 0 bridgehead atoms. The third kappa shape index (κ3) is 3.01. The van der Waals surface area contributed by atoms with Gasteiger partial charge in [0, 0.05) is 51.1 Å². The van der Waals surface area contributed by atoms with Crippen LogP contribution in [0.25, 0.3) is 0 Å². The maximum absolute atomic E-state index is 13.2. The molecular weight excluding hydrogens is 302 g/mol. The van der Waals surface area contributed by atoms with Crippen LogP contribution in [0.15, 0.2) is 12.3 Å². The SMILES string of the molecule is O=C(C1CN(c2ccnc(C3CC3)n2)C1)N1CCC(F)(F)CC1. The van der Waals surface area contributed by atoms with Gasteiger partial charge in [0.25, 0.3) is 5.92 Å². The Hall–Kier alpha value is -1.79. The maximum Gasteiger partial charge on any atom is 0.251 e. The van der Waals surface area contributed by atoms with Crippen molar-refractivity contribution < 1.29 is 13.6 Å². The van der Waals surface area contributed by atoms with Gasteiger partial charge in [-0.2, -0.15) is 0 Å². The molecule has 3 aliphatic rings. The lowest BCUT2D eigenvalue weighted by atomic mass is 9.96. The molecule has 0 aromatic carbocycles. The number of likely N-dealkylation sites (tertiary alicyclic amines) is 1. The first-order valence-electron chi connectivity index (χ1n) is 8.26. The minimum atomic E-state index is -2.61. The second-order valence-corrected chi connectivity index (χ2v) is 6.83. The predicted octanol–water partition coefficient (Wildman–Crippen LogP) is 2.05. The van der Waals surface area contributed by atoms with Crippen molar-refractivity contribution in [2.75, 3.05) is 31.1 Å². The minimum Gasteiger partial charge on any atom is -0.355 e. The predicted molar refractivity (Wildman–Crippen MR) is 80.5 cm³/mol. The van der Waals surface area contributed by atoms with E-state index in [4.69, 9.17) is 0 Å². The first kappa shape index (κ1) is 14.8. The van der Waals surface area contributed by atoms with Crippen molar-refractivity contribution in [3.63, 3.8) is 0 Å². The molecular formula is C16H20F2N4O. The highest BCUT2D eigenvalue weighted by atomic mass is 19.3. The second-order valence-electron chi connectivity index (χ2n) is 6.83. The van der Waals surface area contributed by atoms with E-state index in [1.54, 1.807) is 11.1 Å². The van der Waals surface area contributed by atoms with Crippen LogP contribution in [0, 0.1) is 5.92 Å². The highest BCUT2D eigenvalue weighted by Crippen LogP contribution is 2.38. The van der Waals surface area contributed by atoms with Gasteiger partial charge in [0.2, 0.25) is 5.91 Å². The van der Waals surface area contributed by atoms with E-state index in [0.29, 0.717) is 19.0 Å². The van der Waals surface area contributed by atoms with Crippen molar-refractivity contribution in [3.8, 4) is 0 Å². The number of rotatable bonds is 3. The van der Waals surface area contributed by atoms with Crippen LogP contribution in [0.4, 0.5) is 14.6 Å². The zero-order valence-electron chi connectivity index (χ0n) is 12.9. The van der Waals surface area contributed by atoms with Gasteiger partial charge in [0.05, 0.1) is 5.92 Å². The Kier molecular flexibility index (Phi) is 3.46. The van der Waals surface area contributed by atoms with Crippen molar-refractivity contribution in [1.29, 1.82) is 0 Å². The standard InChI is InChI=1S/C16H20F2N4O/c17-16(18)4-7-21(8-5-16)15(23)12-9-22(10-12)13-3-6-19-14(20-13)11-1-2-11/h3,6,11-12H,1-2,4-5,7-10H2. The fourth-order valence-electron chi connectivity index (χ4n) is 3.21. The zero-order valence-corrected chi connectivity index (χ0v) is 12.9. The van der Waals surface area contributed by atoms with Crippen molar-refractivity contribution >= 4 is 11.7 Å². The van der Waals surface area contributed by atoms with E-state index in [-0.39, 0.29) is 37.8 Å². The van der Waals surface area contributed by atoms with Gasteiger partial charge < -0.3 is 9.80 Å². The fourth-order valence-corrected chi connectivity index (χ4v) is 3.21. The Morgan fingerprint density at radius 1 is 1.22 bits per heavy atom. The van der Waals surface area contributed by atoms with Gasteiger partial charge in [0.1, 0.15) is 11.6 Å². The molecule has 5 nitrogen and oxygen atoms in total. The van der Waals surface area contributed by atoms with Gasteiger partial charge in [-0.05, 0) is 18.9 Å². The molecule has 0 atom stereocenters. The Morgan fingerprint density at radius 2 is 1.91 bits per heavy atom. The number of alkyl halides is 2. The fraction of sp³-hybridized carbons (Fsp3) is 0.688. The summed E-state index contributed by atoms with van der Waals surface area (Å²) in [7, 11) is 0. The monoisotopic (exact) mass is 322 g/mol. The third-order valence-electron chi connectivity index (χ3n) is 4.96. The topological polar surface area (TPSA) is 49.3 Å². The molecule has 0 radical (unpaired) electrons. The van der Waals surface area contributed by atoms with Gasteiger partial charge in [-0.25, -0.2) is 18.7 Å². The quantitative estimate of drug-likeness (QED) is 0.854. The van der Waals surface area contributed by atoms with E-state index in [0.717, 1.165) is 24.5 Å². The lowest BCUT2D eigenvalue weighted by Gasteiger charge is -2.42. The van der Waals surface area contributed by atoms with E-state index in [1.165, 1.54) is 0 Å². The lowest BCUT2D eigenvalue weighted by Crippen LogP contribution is -2.56. The minimum absolute atomic E-state index is 0.00761. The summed E-state index contributed by atoms with van der Waals surface area (Å²) in [6, 6.07) is 1.87. The second kappa shape index (κ2) is 5.39. The first-order chi connectivity index (χ1) is 11.0. The van der Waals surface area contributed by atoms with E-state index in [2.05, 4.69) is 14.9 Å². The maximum atomic E-state index is 13.2. The highest BCUT2D eigenvalue weighted by molar-refractivity contribution is 5.82. The molecule has 1 aromatic heterocycles. The molecule has 1 aliphatic carbocycles. The van der Waals surface area contributed by atoms with Gasteiger partial charge in [-0.3, -0.25) is 4.79 Å². The summed E-state index contributed by atoms with van der Waals surface area (Å²) in [5.41, 5.74) is 0. The Labute approximate surface area is 133 Å². The van der Waals surface area contributed by atoms with Crippen LogP contribution in [-0.4, -0.2) is 52.9 Å². The third-order valence-corrected chi connectivity index (χ3v) is 4.96. The van der Waals surface area contributed by atoms with Crippen LogP contribution in [0.3, 0.4) is 0 Å². The number of aromatic nitrogens is 2. The molecule has 2 aliphatic heterocycles. The van der Waals surface area contributed by atoms with Crippen LogP contribution >= 0.6 is 0 Å². The van der Waals surface area contributed by atoms with Crippen LogP contribution in [-0.2, 0) is 4.79 Å². The van der Waals surface area contributed by atoms with Crippen LogP contribution in [0.1, 0.15) is 37.4 Å². The van der Waals surface area contributed by atoms with Crippen LogP contribution in [0.2, 0.25) is 0 Å². The summed E-state index contributed by atoms with van der Waals surface area (Å²) >= 11 is 0. The zero-order chi connectivity index (χ0) is 16.0. The summed E-state index contributed by atoms with van der Waals surface area (Å²) in [5.74, 6) is -0.424. The van der Waals surface area contributed by atoms with Crippen molar-refractivity contribution in [3.05, 3.63) is 18.1 Å². The number of piperidine rings is 1. The molecule has 0 N–H and O–H groups in total. The molecule has 0 spiro atoms. The Balaban J connectivity index is 1.32. The Bertz CT molecular complexity index is 604. The molecule has 3 fully saturated rings. The molecule has 2 saturated heterocycles. The number of nitrogens with zero attached hydrogens (tertiary/aromatic N) is 4. The molecule has 4 rings (SSSR count). The van der Waals surface area contributed by atoms with E-state index in [1.807, 2.05) is 6.07 Å². The number of carbonyl (C=O) groups excluding carboxylic acids is 1. The average molecular weight is 322 g/mol. The van der Waals surface area contributed by atoms with E-state index < -0.39 is 5.92 Å². The summed E-state index contributed by atoms with van der Waals surface area (Å²) in [5, 5.41) is 0. The number of hydrogen-bond acceptors (Lipinski definition) is 4. The molecule has 7 heteroatoms. The number of carbonyl (C=O) groups is 1. The normalized spacial score (nSPS) is 24.4. The lowest BCUT2D eigenvalue weighted by molar-refractivity contribution is -0.142. The number of anilines is 1. The summed E-state index contributed by atoms with van der Waals surface area (Å²) in [4.78, 5) is 24.9. The molecule has 23 heavy (non-hydrogen) atoms. The average Bonchev–Trinajstić information content (AvgIpc) is 3.30. The van der Waals surface area contributed by atoms with Gasteiger partial charge >= 0.3 is 0 Å². The van der Waals surface area contributed by atoms with Crippen molar-refractivity contribution in [1.82, 2.24) is 14.9 Å². The summed E-state index contributed by atoms with van der Waals surface area (Å²) in [6.45, 7) is 1.57. The summed E-state index contributed by atoms with van der Waals surface area (Å²) < 4.78 is 26.3. The summed E-state index contributed by atoms with van der Waals surface area (Å²) in [6.07, 6.45) is 3.66. The van der Waals surface area contributed by atoms with E-state index in [9.17, 15) is 13.6 Å². The number of hydrogen-bond donors (Lipinski definition) is 0. The van der Waals surface area contributed by atoms with Crippen LogP contribution < -0.4 is 4.90 Å². The molecule has 124 valence electrons.